The normalized spacial score (nSPS) is 13.8. The third-order valence-corrected chi connectivity index (χ3v) is 4.56. The molecule has 24 heavy (non-hydrogen) atoms. The standard InChI is InChI=1S/C18H22N4OS/c1-4-9-22-15-7-6-14(11-13(15)5-8-17(22)23)20-16-10-12(2)19-18(21-16)24-3/h6-7,10-11H,4-5,8-9H2,1-3H3,(H,19,20,21). The maximum absolute atomic E-state index is 12.1. The quantitative estimate of drug-likeness (QED) is 0.659. The van der Waals surface area contributed by atoms with Crippen LogP contribution in [0.1, 0.15) is 31.0 Å². The summed E-state index contributed by atoms with van der Waals surface area (Å²) in [5.74, 6) is 1.02. The van der Waals surface area contributed by atoms with Crippen molar-refractivity contribution in [1.29, 1.82) is 0 Å². The molecule has 0 aliphatic carbocycles. The van der Waals surface area contributed by atoms with Crippen molar-refractivity contribution in [2.45, 2.75) is 38.3 Å². The van der Waals surface area contributed by atoms with Gasteiger partial charge in [-0.3, -0.25) is 4.79 Å². The summed E-state index contributed by atoms with van der Waals surface area (Å²) in [4.78, 5) is 22.9. The van der Waals surface area contributed by atoms with Gasteiger partial charge in [-0.25, -0.2) is 9.97 Å². The molecule has 1 aromatic carbocycles. The summed E-state index contributed by atoms with van der Waals surface area (Å²) in [6.07, 6.45) is 4.31. The first-order valence-electron chi connectivity index (χ1n) is 8.20. The van der Waals surface area contributed by atoms with Crippen LogP contribution in [0.15, 0.2) is 29.4 Å². The van der Waals surface area contributed by atoms with Gasteiger partial charge in [0.15, 0.2) is 5.16 Å². The fraction of sp³-hybridized carbons (Fsp3) is 0.389. The van der Waals surface area contributed by atoms with Crippen LogP contribution in [0.5, 0.6) is 0 Å². The van der Waals surface area contributed by atoms with E-state index in [9.17, 15) is 4.79 Å². The average Bonchev–Trinajstić information content (AvgIpc) is 2.57. The minimum absolute atomic E-state index is 0.223. The Morgan fingerprint density at radius 2 is 2.08 bits per heavy atom. The number of anilines is 3. The van der Waals surface area contributed by atoms with E-state index in [0.29, 0.717) is 6.42 Å². The number of nitrogens with one attached hydrogen (secondary N) is 1. The fourth-order valence-electron chi connectivity index (χ4n) is 2.95. The Balaban J connectivity index is 1.86. The maximum Gasteiger partial charge on any atom is 0.227 e. The highest BCUT2D eigenvalue weighted by molar-refractivity contribution is 7.98. The second-order valence-corrected chi connectivity index (χ2v) is 6.67. The molecule has 0 saturated carbocycles. The minimum Gasteiger partial charge on any atom is -0.340 e. The molecule has 126 valence electrons. The van der Waals surface area contributed by atoms with Gasteiger partial charge in [0, 0.05) is 36.1 Å². The lowest BCUT2D eigenvalue weighted by Gasteiger charge is -2.29. The van der Waals surface area contributed by atoms with Gasteiger partial charge in [0.05, 0.1) is 0 Å². The van der Waals surface area contributed by atoms with E-state index < -0.39 is 0 Å². The SMILES string of the molecule is CCCN1C(=O)CCc2cc(Nc3cc(C)nc(SC)n3)ccc21. The molecule has 0 fully saturated rings. The van der Waals surface area contributed by atoms with Gasteiger partial charge in [0.2, 0.25) is 5.91 Å². The van der Waals surface area contributed by atoms with E-state index in [4.69, 9.17) is 0 Å². The average molecular weight is 342 g/mol. The zero-order valence-corrected chi connectivity index (χ0v) is 15.1. The second-order valence-electron chi connectivity index (χ2n) is 5.90. The first-order valence-corrected chi connectivity index (χ1v) is 9.43. The summed E-state index contributed by atoms with van der Waals surface area (Å²) in [7, 11) is 0. The van der Waals surface area contributed by atoms with Crippen LogP contribution in [-0.2, 0) is 11.2 Å². The van der Waals surface area contributed by atoms with Gasteiger partial charge >= 0.3 is 0 Å². The molecule has 1 aliphatic rings. The third kappa shape index (κ3) is 3.53. The highest BCUT2D eigenvalue weighted by Gasteiger charge is 2.23. The first kappa shape index (κ1) is 16.8. The topological polar surface area (TPSA) is 58.1 Å². The van der Waals surface area contributed by atoms with Crippen molar-refractivity contribution in [3.63, 3.8) is 0 Å². The number of fused-ring (bicyclic) bond motifs is 1. The minimum atomic E-state index is 0.223. The molecule has 6 heteroatoms. The van der Waals surface area contributed by atoms with Gasteiger partial charge in [-0.15, -0.1) is 0 Å². The van der Waals surface area contributed by atoms with Crippen molar-refractivity contribution < 1.29 is 4.79 Å². The van der Waals surface area contributed by atoms with Gasteiger partial charge < -0.3 is 10.2 Å². The van der Waals surface area contributed by atoms with Crippen LogP contribution in [0.3, 0.4) is 0 Å². The van der Waals surface area contributed by atoms with Crippen LogP contribution in [-0.4, -0.2) is 28.7 Å². The molecule has 1 amide bonds. The lowest BCUT2D eigenvalue weighted by atomic mass is 10.00. The van der Waals surface area contributed by atoms with E-state index in [0.717, 1.165) is 47.4 Å². The molecule has 0 radical (unpaired) electrons. The number of rotatable bonds is 5. The molecule has 0 saturated heterocycles. The summed E-state index contributed by atoms with van der Waals surface area (Å²) in [6, 6.07) is 8.11. The molecule has 1 N–H and O–H groups in total. The molecular weight excluding hydrogens is 320 g/mol. The summed E-state index contributed by atoms with van der Waals surface area (Å²) >= 11 is 1.53. The Morgan fingerprint density at radius 3 is 2.83 bits per heavy atom. The zero-order chi connectivity index (χ0) is 17.1. The van der Waals surface area contributed by atoms with E-state index >= 15 is 0 Å². The summed E-state index contributed by atoms with van der Waals surface area (Å²) in [5.41, 5.74) is 4.19. The molecule has 1 aromatic heterocycles. The Bertz CT molecular complexity index is 763. The third-order valence-electron chi connectivity index (χ3n) is 4.02. The molecule has 0 bridgehead atoms. The highest BCUT2D eigenvalue weighted by Crippen LogP contribution is 2.31. The smallest absolute Gasteiger partial charge is 0.227 e. The largest absolute Gasteiger partial charge is 0.340 e. The number of carbonyl (C=O) groups excluding carboxylic acids is 1. The lowest BCUT2D eigenvalue weighted by Crippen LogP contribution is -2.35. The number of thioether (sulfide) groups is 1. The molecule has 2 heterocycles. The van der Waals surface area contributed by atoms with E-state index in [-0.39, 0.29) is 5.91 Å². The summed E-state index contributed by atoms with van der Waals surface area (Å²) < 4.78 is 0. The number of carbonyl (C=O) groups is 1. The highest BCUT2D eigenvalue weighted by atomic mass is 32.2. The molecule has 0 spiro atoms. The van der Waals surface area contributed by atoms with E-state index in [1.54, 1.807) is 0 Å². The van der Waals surface area contributed by atoms with Gasteiger partial charge in [-0.1, -0.05) is 18.7 Å². The van der Waals surface area contributed by atoms with Crippen LogP contribution in [0.2, 0.25) is 0 Å². The summed E-state index contributed by atoms with van der Waals surface area (Å²) in [5, 5.41) is 4.12. The van der Waals surface area contributed by atoms with E-state index in [2.05, 4.69) is 28.3 Å². The Hall–Kier alpha value is -2.08. The van der Waals surface area contributed by atoms with Crippen LogP contribution in [0, 0.1) is 6.92 Å². The molecular formula is C18H22N4OS. The number of hydrogen-bond acceptors (Lipinski definition) is 5. The maximum atomic E-state index is 12.1. The lowest BCUT2D eigenvalue weighted by molar-refractivity contribution is -0.118. The molecule has 5 nitrogen and oxygen atoms in total. The van der Waals surface area contributed by atoms with Crippen molar-refractivity contribution in [3.05, 3.63) is 35.5 Å². The van der Waals surface area contributed by atoms with E-state index in [1.807, 2.05) is 36.3 Å². The fourth-order valence-corrected chi connectivity index (χ4v) is 3.38. The molecule has 3 rings (SSSR count). The Labute approximate surface area is 146 Å². The van der Waals surface area contributed by atoms with Gasteiger partial charge in [0.25, 0.3) is 0 Å². The number of aromatic nitrogens is 2. The molecule has 0 atom stereocenters. The van der Waals surface area contributed by atoms with Crippen LogP contribution < -0.4 is 10.2 Å². The van der Waals surface area contributed by atoms with Crippen molar-refractivity contribution in [2.75, 3.05) is 23.0 Å². The number of amides is 1. The second kappa shape index (κ2) is 7.21. The van der Waals surface area contributed by atoms with Crippen molar-refractivity contribution in [3.8, 4) is 0 Å². The van der Waals surface area contributed by atoms with Crippen LogP contribution in [0.25, 0.3) is 0 Å². The van der Waals surface area contributed by atoms with Crippen LogP contribution in [0.4, 0.5) is 17.2 Å². The number of nitrogens with zero attached hydrogens (tertiary/aromatic N) is 3. The molecule has 2 aromatic rings. The number of benzene rings is 1. The number of aryl methyl sites for hydroxylation is 2. The van der Waals surface area contributed by atoms with Gasteiger partial charge in [0.1, 0.15) is 5.82 Å². The van der Waals surface area contributed by atoms with Crippen LogP contribution >= 0.6 is 11.8 Å². The first-order chi connectivity index (χ1) is 11.6. The molecule has 0 unspecified atom stereocenters. The zero-order valence-electron chi connectivity index (χ0n) is 14.3. The monoisotopic (exact) mass is 342 g/mol. The van der Waals surface area contributed by atoms with Crippen molar-refractivity contribution in [2.24, 2.45) is 0 Å². The van der Waals surface area contributed by atoms with Gasteiger partial charge in [-0.2, -0.15) is 0 Å². The van der Waals surface area contributed by atoms with Gasteiger partial charge in [-0.05, 0) is 49.8 Å². The predicted molar refractivity (Wildman–Crippen MR) is 99.2 cm³/mol. The molecule has 1 aliphatic heterocycles. The number of hydrogen-bond donors (Lipinski definition) is 1. The van der Waals surface area contributed by atoms with Crippen molar-refractivity contribution in [1.82, 2.24) is 9.97 Å². The van der Waals surface area contributed by atoms with E-state index in [1.165, 1.54) is 17.3 Å². The Morgan fingerprint density at radius 1 is 1.25 bits per heavy atom. The summed E-state index contributed by atoms with van der Waals surface area (Å²) in [6.45, 7) is 4.84. The Kier molecular flexibility index (Phi) is 5.04. The van der Waals surface area contributed by atoms with Crippen molar-refractivity contribution >= 4 is 34.9 Å². The predicted octanol–water partition coefficient (Wildman–Crippen LogP) is 3.94.